The second kappa shape index (κ2) is 12.7. The predicted molar refractivity (Wildman–Crippen MR) is 207 cm³/mol. The highest BCUT2D eigenvalue weighted by Gasteiger charge is 2.16. The van der Waals surface area contributed by atoms with E-state index in [1.165, 1.54) is 33.0 Å². The van der Waals surface area contributed by atoms with Gasteiger partial charge in [-0.05, 0) is 79.2 Å². The second-order valence-corrected chi connectivity index (χ2v) is 12.5. The Morgan fingerprint density at radius 1 is 0.240 bits per heavy atom. The van der Waals surface area contributed by atoms with E-state index in [1.807, 2.05) is 30.3 Å². The Balaban J connectivity index is 1.17. The topological polar surface area (TPSA) is 38.7 Å². The van der Waals surface area contributed by atoms with Crippen molar-refractivity contribution in [1.82, 2.24) is 15.0 Å². The van der Waals surface area contributed by atoms with E-state index in [4.69, 9.17) is 15.0 Å². The van der Waals surface area contributed by atoms with Crippen molar-refractivity contribution in [2.75, 3.05) is 0 Å². The number of hydrogen-bond donors (Lipinski definition) is 0. The minimum atomic E-state index is 0.640. The summed E-state index contributed by atoms with van der Waals surface area (Å²) >= 11 is 0. The first-order chi connectivity index (χ1) is 24.7. The molecular weight excluding hydrogens is 607 g/mol. The van der Waals surface area contributed by atoms with Crippen LogP contribution in [0.5, 0.6) is 0 Å². The van der Waals surface area contributed by atoms with Crippen LogP contribution in [-0.2, 0) is 0 Å². The molecule has 0 unspecified atom stereocenters. The predicted octanol–water partition coefficient (Wildman–Crippen LogP) is 12.2. The summed E-state index contributed by atoms with van der Waals surface area (Å²) < 4.78 is 0. The maximum absolute atomic E-state index is 5.14. The Morgan fingerprint density at radius 2 is 0.660 bits per heavy atom. The number of fused-ring (bicyclic) bond motifs is 2. The molecule has 0 spiro atoms. The van der Waals surface area contributed by atoms with Gasteiger partial charge in [-0.2, -0.15) is 0 Å². The number of rotatable bonds is 6. The van der Waals surface area contributed by atoms with Gasteiger partial charge in [0.05, 0.1) is 0 Å². The highest BCUT2D eigenvalue weighted by molar-refractivity contribution is 6.00. The van der Waals surface area contributed by atoms with Gasteiger partial charge in [-0.25, -0.2) is 15.0 Å². The molecule has 0 atom stereocenters. The van der Waals surface area contributed by atoms with E-state index in [-0.39, 0.29) is 0 Å². The molecule has 0 aliphatic rings. The maximum atomic E-state index is 5.14. The third-order valence-corrected chi connectivity index (χ3v) is 9.30. The Kier molecular flexibility index (Phi) is 7.49. The lowest BCUT2D eigenvalue weighted by Crippen LogP contribution is -2.00. The largest absolute Gasteiger partial charge is 0.208 e. The molecular formula is C47H31N3. The second-order valence-electron chi connectivity index (χ2n) is 12.5. The van der Waals surface area contributed by atoms with Gasteiger partial charge in [0.2, 0.25) is 0 Å². The van der Waals surface area contributed by atoms with Crippen molar-refractivity contribution >= 4 is 21.5 Å². The molecule has 0 bridgehead atoms. The number of nitrogens with zero attached hydrogens (tertiary/aromatic N) is 3. The van der Waals surface area contributed by atoms with E-state index in [2.05, 4.69) is 158 Å². The Hall–Kier alpha value is -6.71. The molecule has 0 amide bonds. The van der Waals surface area contributed by atoms with Crippen LogP contribution in [0.4, 0.5) is 0 Å². The quantitative estimate of drug-likeness (QED) is 0.182. The van der Waals surface area contributed by atoms with Gasteiger partial charge in [-0.15, -0.1) is 0 Å². The van der Waals surface area contributed by atoms with Gasteiger partial charge < -0.3 is 0 Å². The van der Waals surface area contributed by atoms with Crippen molar-refractivity contribution in [3.63, 3.8) is 0 Å². The zero-order valence-electron chi connectivity index (χ0n) is 27.2. The lowest BCUT2D eigenvalue weighted by Gasteiger charge is -2.13. The monoisotopic (exact) mass is 637 g/mol. The molecule has 1 heterocycles. The molecule has 3 nitrogen and oxygen atoms in total. The van der Waals surface area contributed by atoms with Crippen LogP contribution in [0.25, 0.3) is 89.1 Å². The molecule has 9 rings (SSSR count). The van der Waals surface area contributed by atoms with Crippen LogP contribution >= 0.6 is 0 Å². The minimum Gasteiger partial charge on any atom is -0.208 e. The van der Waals surface area contributed by atoms with E-state index >= 15 is 0 Å². The summed E-state index contributed by atoms with van der Waals surface area (Å²) in [5.74, 6) is 1.93. The van der Waals surface area contributed by atoms with Gasteiger partial charge in [-0.3, -0.25) is 0 Å². The fourth-order valence-corrected chi connectivity index (χ4v) is 6.70. The zero-order chi connectivity index (χ0) is 33.3. The van der Waals surface area contributed by atoms with Crippen LogP contribution in [-0.4, -0.2) is 15.0 Å². The molecule has 0 aliphatic heterocycles. The first-order valence-electron chi connectivity index (χ1n) is 16.9. The summed E-state index contributed by atoms with van der Waals surface area (Å²) in [7, 11) is 0. The molecule has 50 heavy (non-hydrogen) atoms. The average Bonchev–Trinajstić information content (AvgIpc) is 3.21. The number of hydrogen-bond acceptors (Lipinski definition) is 3. The highest BCUT2D eigenvalue weighted by Crippen LogP contribution is 2.36. The van der Waals surface area contributed by atoms with Crippen molar-refractivity contribution in [3.05, 3.63) is 188 Å². The van der Waals surface area contributed by atoms with Gasteiger partial charge in [0.1, 0.15) is 0 Å². The average molecular weight is 638 g/mol. The summed E-state index contributed by atoms with van der Waals surface area (Å²) in [4.78, 5) is 15.3. The van der Waals surface area contributed by atoms with Gasteiger partial charge in [0, 0.05) is 16.7 Å². The van der Waals surface area contributed by atoms with E-state index < -0.39 is 0 Å². The molecule has 0 saturated heterocycles. The third kappa shape index (κ3) is 5.72. The van der Waals surface area contributed by atoms with E-state index in [9.17, 15) is 0 Å². The third-order valence-electron chi connectivity index (χ3n) is 9.30. The van der Waals surface area contributed by atoms with Crippen LogP contribution < -0.4 is 0 Å². The zero-order valence-corrected chi connectivity index (χ0v) is 27.2. The van der Waals surface area contributed by atoms with Crippen molar-refractivity contribution < 1.29 is 0 Å². The smallest absolute Gasteiger partial charge is 0.164 e. The van der Waals surface area contributed by atoms with Gasteiger partial charge in [0.15, 0.2) is 17.5 Å². The first kappa shape index (κ1) is 29.4. The number of aromatic nitrogens is 3. The molecule has 3 heteroatoms. The molecule has 0 radical (unpaired) electrons. The first-order valence-corrected chi connectivity index (χ1v) is 16.9. The maximum Gasteiger partial charge on any atom is 0.164 e. The molecule has 0 fully saturated rings. The van der Waals surface area contributed by atoms with Crippen LogP contribution in [0, 0.1) is 0 Å². The van der Waals surface area contributed by atoms with Crippen molar-refractivity contribution in [2.45, 2.75) is 0 Å². The molecule has 0 N–H and O–H groups in total. The molecule has 9 aromatic rings. The van der Waals surface area contributed by atoms with Crippen LogP contribution in [0.1, 0.15) is 0 Å². The van der Waals surface area contributed by atoms with Crippen molar-refractivity contribution in [3.8, 4) is 67.5 Å². The van der Waals surface area contributed by atoms with E-state index in [0.29, 0.717) is 17.5 Å². The summed E-state index contributed by atoms with van der Waals surface area (Å²) in [5.41, 5.74) is 9.92. The summed E-state index contributed by atoms with van der Waals surface area (Å²) in [6.07, 6.45) is 0. The summed E-state index contributed by atoms with van der Waals surface area (Å²) in [6.45, 7) is 0. The summed E-state index contributed by atoms with van der Waals surface area (Å²) in [5, 5.41) is 4.63. The van der Waals surface area contributed by atoms with Gasteiger partial charge >= 0.3 is 0 Å². The Labute approximate surface area is 291 Å². The number of benzene rings is 8. The Morgan fingerprint density at radius 3 is 1.32 bits per heavy atom. The highest BCUT2D eigenvalue weighted by atomic mass is 15.0. The normalized spacial score (nSPS) is 11.2. The van der Waals surface area contributed by atoms with Crippen molar-refractivity contribution in [1.29, 1.82) is 0 Å². The lowest BCUT2D eigenvalue weighted by atomic mass is 9.94. The molecule has 234 valence electrons. The van der Waals surface area contributed by atoms with E-state index in [1.54, 1.807) is 0 Å². The SMILES string of the molecule is c1ccc(-c2ccc(-c3cc(-c4nc(-c5ccccc5)nc(-c5ccc6cc(-c7ccccc7)ccc6c5)n4)cc4ccccc34)cc2)cc1. The standard InChI is InChI=1S/C47H31N3/c1-4-12-32(13-5-1)34-20-22-35(23-21-34)44-31-42(30-40-18-10-11-19-43(40)44)47-49-45(36-16-8-3-9-17-36)48-46(50-47)41-27-26-38-28-37(24-25-39(38)29-41)33-14-6-2-7-15-33/h1-31H. The minimum absolute atomic E-state index is 0.640. The van der Waals surface area contributed by atoms with Crippen LogP contribution in [0.3, 0.4) is 0 Å². The molecule has 8 aromatic carbocycles. The van der Waals surface area contributed by atoms with Crippen LogP contribution in [0.15, 0.2) is 188 Å². The lowest BCUT2D eigenvalue weighted by molar-refractivity contribution is 1.08. The fourth-order valence-electron chi connectivity index (χ4n) is 6.70. The Bertz CT molecular complexity index is 2610. The molecule has 0 saturated carbocycles. The van der Waals surface area contributed by atoms with Crippen LogP contribution in [0.2, 0.25) is 0 Å². The molecule has 0 aliphatic carbocycles. The summed E-state index contributed by atoms with van der Waals surface area (Å²) in [6, 6.07) is 65.9. The van der Waals surface area contributed by atoms with Gasteiger partial charge in [0.25, 0.3) is 0 Å². The van der Waals surface area contributed by atoms with Gasteiger partial charge in [-0.1, -0.05) is 164 Å². The fraction of sp³-hybridized carbons (Fsp3) is 0. The van der Waals surface area contributed by atoms with E-state index in [0.717, 1.165) is 38.6 Å². The van der Waals surface area contributed by atoms with Crippen molar-refractivity contribution in [2.24, 2.45) is 0 Å². The molecule has 1 aromatic heterocycles.